The van der Waals surface area contributed by atoms with Gasteiger partial charge in [0.1, 0.15) is 6.61 Å². The van der Waals surface area contributed by atoms with E-state index in [1.807, 2.05) is 6.92 Å². The number of hydrogen-bond donors (Lipinski definition) is 1. The molecular weight excluding hydrogens is 247 g/mol. The van der Waals surface area contributed by atoms with Gasteiger partial charge < -0.3 is 10.5 Å². The summed E-state index contributed by atoms with van der Waals surface area (Å²) in [5.74, 6) is -0.122. The Kier molecular flexibility index (Phi) is 4.46. The zero-order valence-electron chi connectivity index (χ0n) is 10.8. The number of ether oxygens (including phenoxy) is 1. The van der Waals surface area contributed by atoms with Crippen molar-refractivity contribution in [1.82, 2.24) is 15.0 Å². The first-order chi connectivity index (χ1) is 9.20. The van der Waals surface area contributed by atoms with Gasteiger partial charge in [0.25, 0.3) is 0 Å². The monoisotopic (exact) mass is 264 g/mol. The molecule has 0 saturated heterocycles. The molecule has 1 atom stereocenters. The highest BCUT2D eigenvalue weighted by atomic mass is 19.1. The van der Waals surface area contributed by atoms with Gasteiger partial charge in [-0.1, -0.05) is 24.3 Å². The minimum atomic E-state index is -0.366. The molecule has 6 heteroatoms. The van der Waals surface area contributed by atoms with Crippen LogP contribution in [0.25, 0.3) is 0 Å². The van der Waals surface area contributed by atoms with Crippen LogP contribution < -0.4 is 10.5 Å². The van der Waals surface area contributed by atoms with E-state index in [0.29, 0.717) is 13.2 Å². The van der Waals surface area contributed by atoms with Crippen LogP contribution in [0.3, 0.4) is 0 Å². The van der Waals surface area contributed by atoms with Gasteiger partial charge in [-0.15, -0.1) is 5.10 Å². The van der Waals surface area contributed by atoms with Crippen molar-refractivity contribution in [3.8, 4) is 5.75 Å². The smallest absolute Gasteiger partial charge is 0.165 e. The molecule has 0 fully saturated rings. The van der Waals surface area contributed by atoms with Crippen molar-refractivity contribution >= 4 is 0 Å². The maximum absolute atomic E-state index is 13.3. The normalized spacial score (nSPS) is 12.4. The van der Waals surface area contributed by atoms with Crippen LogP contribution in [0.4, 0.5) is 4.39 Å². The van der Waals surface area contributed by atoms with Crippen LogP contribution in [0.15, 0.2) is 30.5 Å². The predicted molar refractivity (Wildman–Crippen MR) is 69.1 cm³/mol. The van der Waals surface area contributed by atoms with Gasteiger partial charge in [-0.2, -0.15) is 0 Å². The number of nitrogens with zero attached hydrogens (tertiary/aromatic N) is 3. The second-order valence-corrected chi connectivity index (χ2v) is 4.20. The van der Waals surface area contributed by atoms with E-state index >= 15 is 0 Å². The zero-order chi connectivity index (χ0) is 13.7. The Balaban J connectivity index is 1.86. The second kappa shape index (κ2) is 6.29. The van der Waals surface area contributed by atoms with Gasteiger partial charge >= 0.3 is 0 Å². The van der Waals surface area contributed by atoms with Crippen LogP contribution >= 0.6 is 0 Å². The molecule has 2 N–H and O–H groups in total. The Morgan fingerprint density at radius 1 is 1.42 bits per heavy atom. The fourth-order valence-electron chi connectivity index (χ4n) is 1.61. The molecule has 0 aliphatic heterocycles. The standard InChI is InChI=1S/C13H17FN4O/c1-2-11(15)12-9-18(17-16-12)7-8-19-13-6-4-3-5-10(13)14/h3-6,9,11H,2,7-8,15H2,1H3. The third-order valence-electron chi connectivity index (χ3n) is 2.79. The molecule has 1 aromatic heterocycles. The summed E-state index contributed by atoms with van der Waals surface area (Å²) in [6.07, 6.45) is 2.60. The molecule has 0 aliphatic carbocycles. The lowest BCUT2D eigenvalue weighted by molar-refractivity contribution is 0.277. The molecule has 2 rings (SSSR count). The summed E-state index contributed by atoms with van der Waals surface area (Å²) in [4.78, 5) is 0. The van der Waals surface area contributed by atoms with Gasteiger partial charge in [-0.25, -0.2) is 9.07 Å². The molecule has 0 radical (unpaired) electrons. The van der Waals surface area contributed by atoms with Crippen LogP contribution in [-0.2, 0) is 6.54 Å². The van der Waals surface area contributed by atoms with Crippen LogP contribution in [0.5, 0.6) is 5.75 Å². The van der Waals surface area contributed by atoms with Crippen molar-refractivity contribution in [1.29, 1.82) is 0 Å². The van der Waals surface area contributed by atoms with E-state index in [4.69, 9.17) is 10.5 Å². The Labute approximate surface area is 111 Å². The van der Waals surface area contributed by atoms with Gasteiger partial charge in [0.2, 0.25) is 0 Å². The minimum Gasteiger partial charge on any atom is -0.489 e. The van der Waals surface area contributed by atoms with Crippen molar-refractivity contribution in [2.75, 3.05) is 6.61 Å². The summed E-state index contributed by atoms with van der Waals surface area (Å²) in [6.45, 7) is 2.81. The molecule has 0 bridgehead atoms. The summed E-state index contributed by atoms with van der Waals surface area (Å²) in [6, 6.07) is 6.21. The van der Waals surface area contributed by atoms with Gasteiger partial charge in [-0.05, 0) is 18.6 Å². The average Bonchev–Trinajstić information content (AvgIpc) is 2.89. The van der Waals surface area contributed by atoms with Crippen LogP contribution in [0, 0.1) is 5.82 Å². The molecule has 0 aliphatic rings. The highest BCUT2D eigenvalue weighted by Gasteiger charge is 2.08. The predicted octanol–water partition coefficient (Wildman–Crippen LogP) is 1.91. The first-order valence-electron chi connectivity index (χ1n) is 6.23. The van der Waals surface area contributed by atoms with Crippen LogP contribution in [-0.4, -0.2) is 21.6 Å². The molecule has 5 nitrogen and oxygen atoms in total. The number of benzene rings is 1. The van der Waals surface area contributed by atoms with Crippen molar-refractivity contribution in [3.63, 3.8) is 0 Å². The third kappa shape index (κ3) is 3.51. The molecule has 102 valence electrons. The molecule has 0 saturated carbocycles. The maximum Gasteiger partial charge on any atom is 0.165 e. The van der Waals surface area contributed by atoms with Crippen molar-refractivity contribution < 1.29 is 9.13 Å². The van der Waals surface area contributed by atoms with Gasteiger partial charge in [0, 0.05) is 0 Å². The van der Waals surface area contributed by atoms with Crippen molar-refractivity contribution in [3.05, 3.63) is 42.0 Å². The number of rotatable bonds is 6. The Bertz CT molecular complexity index is 529. The van der Waals surface area contributed by atoms with E-state index in [-0.39, 0.29) is 17.6 Å². The molecule has 0 spiro atoms. The summed E-state index contributed by atoms with van der Waals surface area (Å²) in [7, 11) is 0. The topological polar surface area (TPSA) is 66.0 Å². The lowest BCUT2D eigenvalue weighted by Gasteiger charge is -2.06. The summed E-state index contributed by atoms with van der Waals surface area (Å²) in [5.41, 5.74) is 6.61. The Morgan fingerprint density at radius 3 is 2.95 bits per heavy atom. The average molecular weight is 264 g/mol. The summed E-state index contributed by atoms with van der Waals surface area (Å²) < 4.78 is 20.3. The molecule has 1 aromatic carbocycles. The Hall–Kier alpha value is -1.95. The molecule has 0 amide bonds. The van der Waals surface area contributed by atoms with E-state index in [1.54, 1.807) is 29.1 Å². The fourth-order valence-corrected chi connectivity index (χ4v) is 1.61. The van der Waals surface area contributed by atoms with Gasteiger partial charge in [0.15, 0.2) is 11.6 Å². The van der Waals surface area contributed by atoms with Crippen LogP contribution in [0.1, 0.15) is 25.1 Å². The summed E-state index contributed by atoms with van der Waals surface area (Å²) in [5, 5.41) is 7.94. The number of aromatic nitrogens is 3. The lowest BCUT2D eigenvalue weighted by atomic mass is 10.2. The fraction of sp³-hybridized carbons (Fsp3) is 0.385. The van der Waals surface area contributed by atoms with Gasteiger partial charge in [-0.3, -0.25) is 0 Å². The number of nitrogens with two attached hydrogens (primary N) is 1. The zero-order valence-corrected chi connectivity index (χ0v) is 10.8. The highest BCUT2D eigenvalue weighted by Crippen LogP contribution is 2.15. The van der Waals surface area contributed by atoms with E-state index in [9.17, 15) is 4.39 Å². The SMILES string of the molecule is CCC(N)c1cn(CCOc2ccccc2F)nn1. The van der Waals surface area contributed by atoms with E-state index in [2.05, 4.69) is 10.3 Å². The van der Waals surface area contributed by atoms with Crippen molar-refractivity contribution in [2.24, 2.45) is 5.73 Å². The van der Waals surface area contributed by atoms with E-state index in [1.165, 1.54) is 6.07 Å². The number of hydrogen-bond acceptors (Lipinski definition) is 4. The second-order valence-electron chi connectivity index (χ2n) is 4.20. The number of halogens is 1. The first kappa shape index (κ1) is 13.5. The minimum absolute atomic E-state index is 0.0961. The molecule has 2 aromatic rings. The van der Waals surface area contributed by atoms with Gasteiger partial charge in [0.05, 0.1) is 24.5 Å². The molecule has 1 unspecified atom stereocenters. The van der Waals surface area contributed by atoms with Crippen LogP contribution in [0.2, 0.25) is 0 Å². The first-order valence-corrected chi connectivity index (χ1v) is 6.23. The molecule has 1 heterocycles. The Morgan fingerprint density at radius 2 is 2.21 bits per heavy atom. The lowest BCUT2D eigenvalue weighted by Crippen LogP contribution is -2.10. The molecule has 19 heavy (non-hydrogen) atoms. The number of para-hydroxylation sites is 1. The summed E-state index contributed by atoms with van der Waals surface area (Å²) >= 11 is 0. The largest absolute Gasteiger partial charge is 0.489 e. The van der Waals surface area contributed by atoms with Crippen molar-refractivity contribution in [2.45, 2.75) is 25.9 Å². The quantitative estimate of drug-likeness (QED) is 0.865. The maximum atomic E-state index is 13.3. The van der Waals surface area contributed by atoms with E-state index < -0.39 is 0 Å². The molecular formula is C13H17FN4O. The highest BCUT2D eigenvalue weighted by molar-refractivity contribution is 5.23. The third-order valence-corrected chi connectivity index (χ3v) is 2.79. The van der Waals surface area contributed by atoms with E-state index in [0.717, 1.165) is 12.1 Å².